The number of nitrogens with zero attached hydrogens (tertiary/aromatic N) is 1. The first-order valence-electron chi connectivity index (χ1n) is 7.36. The topological polar surface area (TPSA) is 32.7 Å². The molecule has 0 bridgehead atoms. The van der Waals surface area contributed by atoms with Crippen LogP contribution in [0.5, 0.6) is 0 Å². The molecule has 0 spiro atoms. The molecule has 1 N–H and O–H groups in total. The predicted octanol–water partition coefficient (Wildman–Crippen LogP) is 2.79. The normalized spacial score (nSPS) is 27.2. The van der Waals surface area contributed by atoms with Crippen molar-refractivity contribution >= 4 is 0 Å². The molecule has 3 nitrogen and oxygen atoms in total. The van der Waals surface area contributed by atoms with Gasteiger partial charge in [0, 0.05) is 13.1 Å². The largest absolute Gasteiger partial charge is 0.389 e. The van der Waals surface area contributed by atoms with Crippen molar-refractivity contribution in [1.82, 2.24) is 4.90 Å². The molecule has 2 aromatic carbocycles. The molecule has 3 unspecified atom stereocenters. The number of hydrogen-bond acceptors (Lipinski definition) is 3. The fraction of sp³-hybridized carbons (Fsp3) is 0.333. The molecular formula is C18H21NO2. The summed E-state index contributed by atoms with van der Waals surface area (Å²) < 4.78 is 6.27. The molecule has 3 heteroatoms. The first kappa shape index (κ1) is 14.3. The second-order valence-electron chi connectivity index (χ2n) is 5.66. The highest BCUT2D eigenvalue weighted by Crippen LogP contribution is 2.32. The second-order valence-corrected chi connectivity index (χ2v) is 5.66. The summed E-state index contributed by atoms with van der Waals surface area (Å²) in [6.07, 6.45) is -0.842. The molecule has 110 valence electrons. The van der Waals surface area contributed by atoms with E-state index in [2.05, 4.69) is 17.0 Å². The van der Waals surface area contributed by atoms with E-state index in [1.807, 2.05) is 55.6 Å². The number of ether oxygens (including phenoxy) is 1. The number of benzene rings is 2. The first-order valence-corrected chi connectivity index (χ1v) is 7.36. The van der Waals surface area contributed by atoms with E-state index in [9.17, 15) is 5.11 Å². The highest BCUT2D eigenvalue weighted by molar-refractivity contribution is 5.22. The van der Waals surface area contributed by atoms with Crippen LogP contribution < -0.4 is 0 Å². The number of likely N-dealkylation sites (N-methyl/N-ethyl adjacent to an activating group) is 1. The Labute approximate surface area is 125 Å². The Kier molecular flexibility index (Phi) is 4.34. The lowest BCUT2D eigenvalue weighted by Crippen LogP contribution is -2.30. The standard InChI is InChI=1S/C18H21NO2/c1-19-12-16(20)18(15-10-6-3-7-11-15)21-17(13-19)14-8-4-2-5-9-14/h2-11,16-18,20H,12-13H2,1H3. The minimum atomic E-state index is -0.522. The van der Waals surface area contributed by atoms with E-state index in [0.717, 1.165) is 17.7 Å². The second kappa shape index (κ2) is 6.39. The zero-order valence-corrected chi connectivity index (χ0v) is 12.2. The van der Waals surface area contributed by atoms with Crippen LogP contribution in [-0.2, 0) is 4.74 Å². The van der Waals surface area contributed by atoms with Crippen LogP contribution in [0.2, 0.25) is 0 Å². The summed E-state index contributed by atoms with van der Waals surface area (Å²) in [6, 6.07) is 20.2. The number of rotatable bonds is 2. The number of aliphatic hydroxyl groups is 1. The molecule has 3 rings (SSSR count). The molecule has 0 radical (unpaired) electrons. The summed E-state index contributed by atoms with van der Waals surface area (Å²) in [5.74, 6) is 0. The van der Waals surface area contributed by atoms with Crippen molar-refractivity contribution in [2.75, 3.05) is 20.1 Å². The van der Waals surface area contributed by atoms with Gasteiger partial charge in [-0.1, -0.05) is 60.7 Å². The van der Waals surface area contributed by atoms with Gasteiger partial charge >= 0.3 is 0 Å². The molecule has 1 aliphatic rings. The Morgan fingerprint density at radius 1 is 0.905 bits per heavy atom. The van der Waals surface area contributed by atoms with Gasteiger partial charge in [0.25, 0.3) is 0 Å². The summed E-state index contributed by atoms with van der Waals surface area (Å²) in [5, 5.41) is 10.5. The van der Waals surface area contributed by atoms with E-state index in [-0.39, 0.29) is 12.2 Å². The van der Waals surface area contributed by atoms with Gasteiger partial charge < -0.3 is 14.7 Å². The minimum absolute atomic E-state index is 0.0291. The summed E-state index contributed by atoms with van der Waals surface area (Å²) in [7, 11) is 2.02. The van der Waals surface area contributed by atoms with Gasteiger partial charge in [0.15, 0.2) is 0 Å². The molecule has 0 aliphatic carbocycles. The van der Waals surface area contributed by atoms with E-state index in [4.69, 9.17) is 4.74 Å². The van der Waals surface area contributed by atoms with E-state index < -0.39 is 6.10 Å². The lowest BCUT2D eigenvalue weighted by atomic mass is 10.0. The third-order valence-corrected chi connectivity index (χ3v) is 3.94. The van der Waals surface area contributed by atoms with Crippen LogP contribution in [-0.4, -0.2) is 36.2 Å². The van der Waals surface area contributed by atoms with Crippen molar-refractivity contribution in [2.24, 2.45) is 0 Å². The van der Waals surface area contributed by atoms with E-state index in [0.29, 0.717) is 6.54 Å². The van der Waals surface area contributed by atoms with Crippen molar-refractivity contribution in [1.29, 1.82) is 0 Å². The van der Waals surface area contributed by atoms with Crippen molar-refractivity contribution in [2.45, 2.75) is 18.3 Å². The Morgan fingerprint density at radius 3 is 2.10 bits per heavy atom. The molecule has 0 amide bonds. The zero-order valence-electron chi connectivity index (χ0n) is 12.2. The lowest BCUT2D eigenvalue weighted by Gasteiger charge is -2.24. The van der Waals surface area contributed by atoms with Crippen LogP contribution in [0.4, 0.5) is 0 Å². The van der Waals surface area contributed by atoms with Gasteiger partial charge in [-0.05, 0) is 18.2 Å². The Morgan fingerprint density at radius 2 is 1.48 bits per heavy atom. The average Bonchev–Trinajstić information content (AvgIpc) is 2.67. The van der Waals surface area contributed by atoms with Gasteiger partial charge in [0.1, 0.15) is 6.10 Å². The van der Waals surface area contributed by atoms with Gasteiger partial charge in [-0.25, -0.2) is 0 Å². The number of aliphatic hydroxyl groups excluding tert-OH is 1. The smallest absolute Gasteiger partial charge is 0.110 e. The quantitative estimate of drug-likeness (QED) is 0.920. The molecule has 1 aliphatic heterocycles. The van der Waals surface area contributed by atoms with E-state index in [1.54, 1.807) is 0 Å². The van der Waals surface area contributed by atoms with Gasteiger partial charge in [-0.3, -0.25) is 0 Å². The van der Waals surface area contributed by atoms with Crippen molar-refractivity contribution in [3.63, 3.8) is 0 Å². The molecular weight excluding hydrogens is 262 g/mol. The summed E-state index contributed by atoms with van der Waals surface area (Å²) in [4.78, 5) is 2.13. The van der Waals surface area contributed by atoms with Crippen molar-refractivity contribution < 1.29 is 9.84 Å². The maximum atomic E-state index is 10.5. The van der Waals surface area contributed by atoms with Crippen LogP contribution in [0, 0.1) is 0 Å². The Hall–Kier alpha value is -1.68. The molecule has 0 aromatic heterocycles. The minimum Gasteiger partial charge on any atom is -0.389 e. The van der Waals surface area contributed by atoms with Crippen molar-refractivity contribution in [3.8, 4) is 0 Å². The lowest BCUT2D eigenvalue weighted by molar-refractivity contribution is -0.0612. The zero-order chi connectivity index (χ0) is 14.7. The predicted molar refractivity (Wildman–Crippen MR) is 83.0 cm³/mol. The molecule has 3 atom stereocenters. The van der Waals surface area contributed by atoms with Gasteiger partial charge in [0.05, 0.1) is 12.2 Å². The SMILES string of the molecule is CN1CC(c2ccccc2)OC(c2ccccc2)C(O)C1. The first-order chi connectivity index (χ1) is 10.2. The van der Waals surface area contributed by atoms with Crippen LogP contribution in [0.3, 0.4) is 0 Å². The van der Waals surface area contributed by atoms with Crippen LogP contribution >= 0.6 is 0 Å². The van der Waals surface area contributed by atoms with Gasteiger partial charge in [-0.15, -0.1) is 0 Å². The fourth-order valence-electron chi connectivity index (χ4n) is 2.88. The monoisotopic (exact) mass is 283 g/mol. The Balaban J connectivity index is 1.89. The third-order valence-electron chi connectivity index (χ3n) is 3.94. The third kappa shape index (κ3) is 3.32. The molecule has 2 aromatic rings. The molecule has 1 heterocycles. The van der Waals surface area contributed by atoms with Crippen LogP contribution in [0.25, 0.3) is 0 Å². The van der Waals surface area contributed by atoms with Crippen molar-refractivity contribution in [3.05, 3.63) is 71.8 Å². The van der Waals surface area contributed by atoms with Crippen LogP contribution in [0.1, 0.15) is 23.3 Å². The molecule has 0 saturated carbocycles. The summed E-state index contributed by atoms with van der Waals surface area (Å²) in [6.45, 7) is 1.40. The highest BCUT2D eigenvalue weighted by atomic mass is 16.5. The maximum absolute atomic E-state index is 10.5. The average molecular weight is 283 g/mol. The summed E-state index contributed by atoms with van der Waals surface area (Å²) >= 11 is 0. The van der Waals surface area contributed by atoms with E-state index >= 15 is 0 Å². The molecule has 21 heavy (non-hydrogen) atoms. The fourth-order valence-corrected chi connectivity index (χ4v) is 2.88. The Bertz CT molecular complexity index is 558. The molecule has 1 fully saturated rings. The highest BCUT2D eigenvalue weighted by Gasteiger charge is 2.31. The number of β-amino-alcohol motifs (C(OH)–C–C–N with tert-alkyl or cyclic N) is 1. The molecule has 1 saturated heterocycles. The summed E-state index contributed by atoms with van der Waals surface area (Å²) in [5.41, 5.74) is 2.18. The van der Waals surface area contributed by atoms with Crippen LogP contribution in [0.15, 0.2) is 60.7 Å². The van der Waals surface area contributed by atoms with Gasteiger partial charge in [0.2, 0.25) is 0 Å². The van der Waals surface area contributed by atoms with E-state index in [1.165, 1.54) is 0 Å². The maximum Gasteiger partial charge on any atom is 0.110 e. The number of hydrogen-bond donors (Lipinski definition) is 1. The van der Waals surface area contributed by atoms with Gasteiger partial charge in [-0.2, -0.15) is 0 Å².